The topological polar surface area (TPSA) is 39.7 Å². The molecular weight excluding hydrogens is 395 g/mol. The molecule has 0 bridgehead atoms. The van der Waals surface area contributed by atoms with E-state index in [0.29, 0.717) is 6.04 Å². The SMILES string of the molecule is CCN1CCCCC1CNC(=NC)NCC1CCCS1.I. The molecule has 124 valence electrons. The van der Waals surface area contributed by atoms with Crippen molar-refractivity contribution in [2.45, 2.75) is 50.3 Å². The van der Waals surface area contributed by atoms with Crippen LogP contribution in [0.15, 0.2) is 4.99 Å². The Kier molecular flexibility index (Phi) is 10.1. The van der Waals surface area contributed by atoms with Crippen LogP contribution in [0.25, 0.3) is 0 Å². The van der Waals surface area contributed by atoms with Gasteiger partial charge in [0.25, 0.3) is 0 Å². The maximum Gasteiger partial charge on any atom is 0.191 e. The van der Waals surface area contributed by atoms with Crippen molar-refractivity contribution in [3.05, 3.63) is 0 Å². The molecule has 4 nitrogen and oxygen atoms in total. The molecule has 0 spiro atoms. The number of hydrogen-bond donors (Lipinski definition) is 2. The first-order valence-electron chi connectivity index (χ1n) is 8.13. The molecule has 2 unspecified atom stereocenters. The molecule has 0 amide bonds. The van der Waals surface area contributed by atoms with Gasteiger partial charge in [0.1, 0.15) is 0 Å². The molecule has 0 radical (unpaired) electrons. The molecule has 0 aromatic rings. The summed E-state index contributed by atoms with van der Waals surface area (Å²) in [4.78, 5) is 6.94. The highest BCUT2D eigenvalue weighted by atomic mass is 127. The van der Waals surface area contributed by atoms with Gasteiger partial charge >= 0.3 is 0 Å². The van der Waals surface area contributed by atoms with E-state index in [2.05, 4.69) is 39.2 Å². The van der Waals surface area contributed by atoms with E-state index < -0.39 is 0 Å². The number of likely N-dealkylation sites (N-methyl/N-ethyl adjacent to an activating group) is 1. The van der Waals surface area contributed by atoms with E-state index in [4.69, 9.17) is 0 Å². The number of aliphatic imine (C=N–C) groups is 1. The maximum atomic E-state index is 4.35. The normalized spacial score (nSPS) is 27.2. The lowest BCUT2D eigenvalue weighted by Gasteiger charge is -2.35. The number of halogens is 1. The second-order valence-corrected chi connectivity index (χ2v) is 7.16. The van der Waals surface area contributed by atoms with Crippen molar-refractivity contribution in [2.75, 3.05) is 39.0 Å². The van der Waals surface area contributed by atoms with Gasteiger partial charge in [0, 0.05) is 31.4 Å². The van der Waals surface area contributed by atoms with Gasteiger partial charge in [0.2, 0.25) is 0 Å². The molecule has 21 heavy (non-hydrogen) atoms. The molecule has 2 saturated heterocycles. The molecule has 0 aliphatic carbocycles. The summed E-state index contributed by atoms with van der Waals surface area (Å²) in [7, 11) is 1.87. The molecule has 2 heterocycles. The predicted molar refractivity (Wildman–Crippen MR) is 105 cm³/mol. The average molecular weight is 426 g/mol. The lowest BCUT2D eigenvalue weighted by atomic mass is 10.0. The lowest BCUT2D eigenvalue weighted by Crippen LogP contribution is -2.49. The maximum absolute atomic E-state index is 4.35. The third-order valence-electron chi connectivity index (χ3n) is 4.41. The molecular formula is C15H31IN4S. The number of thioether (sulfide) groups is 1. The highest BCUT2D eigenvalue weighted by Crippen LogP contribution is 2.25. The Balaban J connectivity index is 0.00000220. The van der Waals surface area contributed by atoms with E-state index in [-0.39, 0.29) is 24.0 Å². The quantitative estimate of drug-likeness (QED) is 0.403. The summed E-state index contributed by atoms with van der Waals surface area (Å²) in [5.41, 5.74) is 0. The van der Waals surface area contributed by atoms with Gasteiger partial charge in [-0.2, -0.15) is 11.8 Å². The molecule has 0 aromatic carbocycles. The van der Waals surface area contributed by atoms with Crippen LogP contribution in [-0.4, -0.2) is 61.1 Å². The van der Waals surface area contributed by atoms with Crippen molar-refractivity contribution >= 4 is 41.7 Å². The largest absolute Gasteiger partial charge is 0.355 e. The zero-order valence-electron chi connectivity index (χ0n) is 13.4. The average Bonchev–Trinajstić information content (AvgIpc) is 3.01. The molecule has 2 aliphatic heterocycles. The summed E-state index contributed by atoms with van der Waals surface area (Å²) in [6, 6.07) is 0.674. The molecule has 2 N–H and O–H groups in total. The summed E-state index contributed by atoms with van der Waals surface area (Å²) < 4.78 is 0. The Labute approximate surface area is 151 Å². The Morgan fingerprint density at radius 3 is 2.67 bits per heavy atom. The minimum atomic E-state index is 0. The second-order valence-electron chi connectivity index (χ2n) is 5.75. The van der Waals surface area contributed by atoms with Crippen LogP contribution in [0.2, 0.25) is 0 Å². The van der Waals surface area contributed by atoms with Gasteiger partial charge in [-0.25, -0.2) is 0 Å². The van der Waals surface area contributed by atoms with E-state index >= 15 is 0 Å². The highest BCUT2D eigenvalue weighted by Gasteiger charge is 2.21. The third kappa shape index (κ3) is 6.52. The van der Waals surface area contributed by atoms with Crippen molar-refractivity contribution < 1.29 is 0 Å². The Morgan fingerprint density at radius 2 is 2.00 bits per heavy atom. The summed E-state index contributed by atoms with van der Waals surface area (Å²) >= 11 is 2.09. The molecule has 2 fully saturated rings. The zero-order valence-corrected chi connectivity index (χ0v) is 16.6. The first-order valence-corrected chi connectivity index (χ1v) is 9.18. The van der Waals surface area contributed by atoms with Gasteiger partial charge in [-0.05, 0) is 44.5 Å². The fourth-order valence-corrected chi connectivity index (χ4v) is 4.36. The number of piperidine rings is 1. The van der Waals surface area contributed by atoms with Gasteiger partial charge < -0.3 is 10.6 Å². The third-order valence-corrected chi connectivity index (χ3v) is 5.80. The highest BCUT2D eigenvalue weighted by molar-refractivity contribution is 14.0. The number of likely N-dealkylation sites (tertiary alicyclic amines) is 1. The molecule has 2 atom stereocenters. The smallest absolute Gasteiger partial charge is 0.191 e. The fraction of sp³-hybridized carbons (Fsp3) is 0.933. The van der Waals surface area contributed by atoms with Crippen molar-refractivity contribution in [1.82, 2.24) is 15.5 Å². The molecule has 2 rings (SSSR count). The van der Waals surface area contributed by atoms with Gasteiger partial charge in [-0.1, -0.05) is 13.3 Å². The van der Waals surface area contributed by atoms with E-state index in [1.54, 1.807) is 0 Å². The summed E-state index contributed by atoms with van der Waals surface area (Å²) in [5, 5.41) is 7.77. The zero-order chi connectivity index (χ0) is 14.2. The summed E-state index contributed by atoms with van der Waals surface area (Å²) in [6.45, 7) is 6.76. The monoisotopic (exact) mass is 426 g/mol. The van der Waals surface area contributed by atoms with E-state index in [1.807, 2.05) is 7.05 Å². The minimum absolute atomic E-state index is 0. The Bertz CT molecular complexity index is 308. The van der Waals surface area contributed by atoms with Crippen LogP contribution in [0, 0.1) is 0 Å². The van der Waals surface area contributed by atoms with Crippen molar-refractivity contribution in [1.29, 1.82) is 0 Å². The van der Waals surface area contributed by atoms with Gasteiger partial charge in [-0.3, -0.25) is 9.89 Å². The van der Waals surface area contributed by atoms with Gasteiger partial charge in [0.15, 0.2) is 5.96 Å². The molecule has 0 saturated carbocycles. The number of rotatable bonds is 5. The predicted octanol–water partition coefficient (Wildman–Crippen LogP) is 2.54. The van der Waals surface area contributed by atoms with Crippen molar-refractivity contribution in [3.63, 3.8) is 0 Å². The Morgan fingerprint density at radius 1 is 1.19 bits per heavy atom. The number of hydrogen-bond acceptors (Lipinski definition) is 3. The molecule has 6 heteroatoms. The van der Waals surface area contributed by atoms with Gasteiger partial charge in [-0.15, -0.1) is 24.0 Å². The first-order chi connectivity index (χ1) is 9.83. The lowest BCUT2D eigenvalue weighted by molar-refractivity contribution is 0.157. The Hall–Kier alpha value is 0.310. The summed E-state index contributed by atoms with van der Waals surface area (Å²) in [5.74, 6) is 2.30. The van der Waals surface area contributed by atoms with Crippen LogP contribution in [0.4, 0.5) is 0 Å². The minimum Gasteiger partial charge on any atom is -0.355 e. The molecule has 0 aromatic heterocycles. The second kappa shape index (κ2) is 10.9. The van der Waals surface area contributed by atoms with Crippen LogP contribution in [0.3, 0.4) is 0 Å². The van der Waals surface area contributed by atoms with Crippen molar-refractivity contribution in [2.24, 2.45) is 4.99 Å². The van der Waals surface area contributed by atoms with E-state index in [0.717, 1.165) is 30.8 Å². The van der Waals surface area contributed by atoms with Crippen LogP contribution in [-0.2, 0) is 0 Å². The fourth-order valence-electron chi connectivity index (χ4n) is 3.16. The van der Waals surface area contributed by atoms with Crippen LogP contribution >= 0.6 is 35.7 Å². The van der Waals surface area contributed by atoms with Crippen molar-refractivity contribution in [3.8, 4) is 0 Å². The van der Waals surface area contributed by atoms with E-state index in [9.17, 15) is 0 Å². The van der Waals surface area contributed by atoms with E-state index in [1.165, 1.54) is 44.4 Å². The van der Waals surface area contributed by atoms with Gasteiger partial charge in [0.05, 0.1) is 0 Å². The number of nitrogens with zero attached hydrogens (tertiary/aromatic N) is 2. The van der Waals surface area contributed by atoms with Crippen LogP contribution < -0.4 is 10.6 Å². The van der Waals surface area contributed by atoms with Crippen LogP contribution in [0.5, 0.6) is 0 Å². The number of nitrogens with one attached hydrogen (secondary N) is 2. The van der Waals surface area contributed by atoms with Crippen LogP contribution in [0.1, 0.15) is 39.0 Å². The standard InChI is InChI=1S/C15H30N4S.HI/c1-3-19-9-5-4-7-13(19)11-17-15(16-2)18-12-14-8-6-10-20-14;/h13-14H,3-12H2,1-2H3,(H2,16,17,18);1H. The summed E-state index contributed by atoms with van der Waals surface area (Å²) in [6.07, 6.45) is 6.76. The first kappa shape index (κ1) is 19.4. The molecule has 2 aliphatic rings. The number of guanidine groups is 1.